The van der Waals surface area contributed by atoms with Gasteiger partial charge in [-0.05, 0) is 96.5 Å². The second-order valence-corrected chi connectivity index (χ2v) is 9.52. The maximum atomic E-state index is 12.8. The Morgan fingerprint density at radius 3 is 2.49 bits per heavy atom. The van der Waals surface area contributed by atoms with Crippen LogP contribution in [-0.4, -0.2) is 25.0 Å². The second kappa shape index (κ2) is 13.1. The van der Waals surface area contributed by atoms with Gasteiger partial charge in [0.15, 0.2) is 18.1 Å². The molecular weight excluding hydrogens is 605 g/mol. The molecule has 2 amide bonds. The lowest BCUT2D eigenvalue weighted by Crippen LogP contribution is -2.21. The third kappa shape index (κ3) is 7.47. The molecule has 3 aromatic carbocycles. The maximum Gasteiger partial charge on any atom is 0.266 e. The molecule has 0 aliphatic carbocycles. The maximum absolute atomic E-state index is 12.8. The van der Waals surface area contributed by atoms with E-state index in [-0.39, 0.29) is 18.1 Å². The van der Waals surface area contributed by atoms with Crippen molar-refractivity contribution in [3.8, 4) is 17.6 Å². The van der Waals surface area contributed by atoms with Crippen molar-refractivity contribution < 1.29 is 19.1 Å². The molecule has 0 saturated heterocycles. The van der Waals surface area contributed by atoms with E-state index in [1.165, 1.54) is 6.08 Å². The molecule has 2 N–H and O–H groups in total. The minimum Gasteiger partial charge on any atom is -0.490 e. The van der Waals surface area contributed by atoms with E-state index in [1.807, 2.05) is 39.0 Å². The topological polar surface area (TPSA) is 100 Å². The van der Waals surface area contributed by atoms with Crippen molar-refractivity contribution in [2.75, 3.05) is 23.8 Å². The molecule has 7 nitrogen and oxygen atoms in total. The van der Waals surface area contributed by atoms with E-state index in [9.17, 15) is 14.9 Å². The van der Waals surface area contributed by atoms with Crippen LogP contribution in [0.15, 0.2) is 60.2 Å². The summed E-state index contributed by atoms with van der Waals surface area (Å²) in [6, 6.07) is 17.9. The number of anilines is 2. The Balaban J connectivity index is 1.80. The first-order chi connectivity index (χ1) is 17.7. The summed E-state index contributed by atoms with van der Waals surface area (Å²) in [6.45, 7) is 5.77. The van der Waals surface area contributed by atoms with Crippen LogP contribution in [0.4, 0.5) is 11.4 Å². The Morgan fingerprint density at radius 2 is 1.78 bits per heavy atom. The molecule has 0 aromatic heterocycles. The van der Waals surface area contributed by atoms with Crippen LogP contribution < -0.4 is 20.1 Å². The van der Waals surface area contributed by atoms with Gasteiger partial charge < -0.3 is 20.1 Å². The summed E-state index contributed by atoms with van der Waals surface area (Å²) >= 11 is 8.16. The lowest BCUT2D eigenvalue weighted by Gasteiger charge is -2.15. The summed E-state index contributed by atoms with van der Waals surface area (Å²) in [7, 11) is 0. The number of para-hydroxylation sites is 1. The van der Waals surface area contributed by atoms with E-state index in [1.54, 1.807) is 42.5 Å². The highest BCUT2D eigenvalue weighted by Gasteiger charge is 2.16. The first kappa shape index (κ1) is 28.0. The van der Waals surface area contributed by atoms with Crippen LogP contribution in [0.25, 0.3) is 6.08 Å². The zero-order valence-corrected chi connectivity index (χ0v) is 23.4. The molecule has 0 fully saturated rings. The van der Waals surface area contributed by atoms with Crippen molar-refractivity contribution in [3.63, 3.8) is 0 Å². The quantitative estimate of drug-likeness (QED) is 0.159. The summed E-state index contributed by atoms with van der Waals surface area (Å²) in [6.07, 6.45) is 1.49. The van der Waals surface area contributed by atoms with Crippen LogP contribution in [0.5, 0.6) is 11.5 Å². The van der Waals surface area contributed by atoms with Crippen molar-refractivity contribution in [1.82, 2.24) is 0 Å². The molecular formula is C28H25ClIN3O4. The largest absolute Gasteiger partial charge is 0.490 e. The molecule has 190 valence electrons. The van der Waals surface area contributed by atoms with Crippen molar-refractivity contribution in [1.29, 1.82) is 5.26 Å². The van der Waals surface area contributed by atoms with E-state index >= 15 is 0 Å². The fourth-order valence-electron chi connectivity index (χ4n) is 3.35. The number of hydrogen-bond donors (Lipinski definition) is 2. The number of halogens is 2. The first-order valence-corrected chi connectivity index (χ1v) is 12.8. The number of ether oxygens (including phenoxy) is 2. The molecule has 0 aliphatic heterocycles. The zero-order chi connectivity index (χ0) is 26.9. The van der Waals surface area contributed by atoms with Gasteiger partial charge in [0.05, 0.1) is 20.9 Å². The average Bonchev–Trinajstić information content (AvgIpc) is 2.86. The van der Waals surface area contributed by atoms with E-state index < -0.39 is 5.91 Å². The minimum atomic E-state index is -0.513. The molecule has 37 heavy (non-hydrogen) atoms. The van der Waals surface area contributed by atoms with Gasteiger partial charge in [-0.15, -0.1) is 0 Å². The summed E-state index contributed by atoms with van der Waals surface area (Å²) in [5.74, 6) is -0.128. The number of rotatable bonds is 9. The summed E-state index contributed by atoms with van der Waals surface area (Å²) < 4.78 is 12.2. The highest BCUT2D eigenvalue weighted by molar-refractivity contribution is 14.1. The Hall–Kier alpha value is -3.55. The Bertz CT molecular complexity index is 1400. The summed E-state index contributed by atoms with van der Waals surface area (Å²) in [5, 5.41) is 15.6. The summed E-state index contributed by atoms with van der Waals surface area (Å²) in [5.41, 5.74) is 3.62. The number of nitrogens with zero attached hydrogens (tertiary/aromatic N) is 1. The van der Waals surface area contributed by atoms with Gasteiger partial charge in [0.1, 0.15) is 11.6 Å². The number of aryl methyl sites for hydroxylation is 1. The van der Waals surface area contributed by atoms with E-state index in [2.05, 4.69) is 33.2 Å². The number of amides is 2. The Kier molecular flexibility index (Phi) is 9.94. The van der Waals surface area contributed by atoms with Crippen molar-refractivity contribution >= 4 is 63.5 Å². The number of nitrogens with one attached hydrogen (secondary N) is 2. The fraction of sp³-hybridized carbons (Fsp3) is 0.179. The number of carbonyl (C=O) groups excluding carboxylic acids is 2. The highest BCUT2D eigenvalue weighted by atomic mass is 127. The van der Waals surface area contributed by atoms with Gasteiger partial charge in [-0.1, -0.05) is 35.9 Å². The van der Waals surface area contributed by atoms with Gasteiger partial charge in [0.2, 0.25) is 0 Å². The predicted molar refractivity (Wildman–Crippen MR) is 154 cm³/mol. The number of nitriles is 1. The predicted octanol–water partition coefficient (Wildman–Crippen LogP) is 6.52. The number of carbonyl (C=O) groups is 2. The molecule has 0 aliphatic rings. The fourth-order valence-corrected chi connectivity index (χ4v) is 4.32. The molecule has 0 spiro atoms. The number of benzene rings is 3. The van der Waals surface area contributed by atoms with E-state index in [0.29, 0.717) is 43.6 Å². The van der Waals surface area contributed by atoms with Gasteiger partial charge in [-0.2, -0.15) is 5.26 Å². The molecule has 0 bridgehead atoms. The Labute approximate surface area is 234 Å². The molecule has 9 heteroatoms. The van der Waals surface area contributed by atoms with E-state index in [0.717, 1.165) is 11.1 Å². The lowest BCUT2D eigenvalue weighted by atomic mass is 10.1. The highest BCUT2D eigenvalue weighted by Crippen LogP contribution is 2.35. The third-order valence-electron chi connectivity index (χ3n) is 5.36. The van der Waals surface area contributed by atoms with Crippen LogP contribution in [0.2, 0.25) is 5.02 Å². The second-order valence-electron chi connectivity index (χ2n) is 7.95. The molecule has 3 aromatic rings. The van der Waals surface area contributed by atoms with Crippen LogP contribution in [0.1, 0.15) is 23.6 Å². The first-order valence-electron chi connectivity index (χ1n) is 11.4. The van der Waals surface area contributed by atoms with Crippen molar-refractivity contribution in [2.24, 2.45) is 0 Å². The number of hydrogen-bond acceptors (Lipinski definition) is 5. The lowest BCUT2D eigenvalue weighted by molar-refractivity contribution is -0.118. The average molecular weight is 630 g/mol. The van der Waals surface area contributed by atoms with Crippen LogP contribution >= 0.6 is 34.2 Å². The molecule has 0 atom stereocenters. The smallest absolute Gasteiger partial charge is 0.266 e. The minimum absolute atomic E-state index is 0.0630. The van der Waals surface area contributed by atoms with Gasteiger partial charge in [0, 0.05) is 5.69 Å². The molecule has 0 saturated carbocycles. The van der Waals surface area contributed by atoms with Crippen LogP contribution in [0, 0.1) is 28.7 Å². The van der Waals surface area contributed by atoms with Gasteiger partial charge in [-0.3, -0.25) is 9.59 Å². The molecule has 0 unspecified atom stereocenters. The molecule has 0 heterocycles. The van der Waals surface area contributed by atoms with Crippen LogP contribution in [0.3, 0.4) is 0 Å². The normalized spacial score (nSPS) is 10.9. The van der Waals surface area contributed by atoms with Gasteiger partial charge in [0.25, 0.3) is 11.8 Å². The van der Waals surface area contributed by atoms with Gasteiger partial charge in [-0.25, -0.2) is 0 Å². The van der Waals surface area contributed by atoms with Crippen molar-refractivity contribution in [2.45, 2.75) is 20.8 Å². The van der Waals surface area contributed by atoms with Gasteiger partial charge >= 0.3 is 0 Å². The Morgan fingerprint density at radius 1 is 1.05 bits per heavy atom. The van der Waals surface area contributed by atoms with Crippen LogP contribution in [-0.2, 0) is 9.59 Å². The van der Waals surface area contributed by atoms with Crippen molar-refractivity contribution in [3.05, 3.63) is 85.5 Å². The standard InChI is InChI=1S/C28H25ClIN3O4/c1-4-36-25-14-19(12-20(15-31)28(35)33-23-11-7-8-17(2)18(23)3)13-22(30)27(25)37-16-26(34)32-24-10-6-5-9-21(24)29/h5-14H,4,16H2,1-3H3,(H,32,34)(H,33,35)/b20-12-. The monoisotopic (exact) mass is 629 g/mol. The third-order valence-corrected chi connectivity index (χ3v) is 6.49. The molecule has 3 rings (SSSR count). The SMILES string of the molecule is CCOc1cc(/C=C(/C#N)C(=O)Nc2cccc(C)c2C)cc(I)c1OCC(=O)Nc1ccccc1Cl. The summed E-state index contributed by atoms with van der Waals surface area (Å²) in [4.78, 5) is 25.2. The van der Waals surface area contributed by atoms with E-state index in [4.69, 9.17) is 21.1 Å². The molecule has 0 radical (unpaired) electrons. The zero-order valence-electron chi connectivity index (χ0n) is 20.5.